The quantitative estimate of drug-likeness (QED) is 0.783. The van der Waals surface area contributed by atoms with Gasteiger partial charge in [-0.05, 0) is 50.2 Å². The first-order valence-electron chi connectivity index (χ1n) is 7.03. The minimum Gasteiger partial charge on any atom is -0.451 e. The number of rotatable bonds is 2. The van der Waals surface area contributed by atoms with Crippen LogP contribution in [-0.4, -0.2) is 23.3 Å². The van der Waals surface area contributed by atoms with E-state index in [-0.39, 0.29) is 0 Å². The van der Waals surface area contributed by atoms with Crippen LogP contribution in [0.25, 0.3) is 22.6 Å². The van der Waals surface area contributed by atoms with Crippen molar-refractivity contribution < 1.29 is 8.83 Å². The van der Waals surface area contributed by atoms with Crippen molar-refractivity contribution in [2.24, 2.45) is 0 Å². The third-order valence-electron chi connectivity index (χ3n) is 3.82. The van der Waals surface area contributed by atoms with E-state index < -0.39 is 0 Å². The van der Waals surface area contributed by atoms with E-state index >= 15 is 0 Å². The summed E-state index contributed by atoms with van der Waals surface area (Å²) in [5, 5.41) is 13.2. The number of hydrogen-bond acceptors (Lipinski definition) is 5. The van der Waals surface area contributed by atoms with Crippen molar-refractivity contribution in [1.82, 2.24) is 15.5 Å². The van der Waals surface area contributed by atoms with E-state index in [0.717, 1.165) is 36.9 Å². The summed E-state index contributed by atoms with van der Waals surface area (Å²) in [5.41, 5.74) is 0.760. The number of fused-ring (bicyclic) bond motifs is 1. The molecule has 0 bridgehead atoms. The molecule has 0 unspecified atom stereocenters. The fraction of sp³-hybridized carbons (Fsp3) is 0.333. The molecule has 1 N–H and O–H groups in total. The van der Waals surface area contributed by atoms with Crippen LogP contribution < -0.4 is 5.32 Å². The highest BCUT2D eigenvalue weighted by Gasteiger charge is 2.22. The monoisotopic (exact) mass is 303 g/mol. The molecule has 21 heavy (non-hydrogen) atoms. The van der Waals surface area contributed by atoms with Gasteiger partial charge in [0.25, 0.3) is 5.89 Å². The van der Waals surface area contributed by atoms with Crippen molar-refractivity contribution in [3.05, 3.63) is 35.2 Å². The Hall–Kier alpha value is -1.85. The number of aromatic nitrogens is 2. The van der Waals surface area contributed by atoms with Crippen molar-refractivity contribution in [3.8, 4) is 11.7 Å². The van der Waals surface area contributed by atoms with Gasteiger partial charge < -0.3 is 14.2 Å². The van der Waals surface area contributed by atoms with E-state index in [0.29, 0.717) is 28.5 Å². The van der Waals surface area contributed by atoms with E-state index in [2.05, 4.69) is 15.5 Å². The molecule has 108 valence electrons. The Morgan fingerprint density at radius 2 is 1.95 bits per heavy atom. The summed E-state index contributed by atoms with van der Waals surface area (Å²) in [5.74, 6) is 2.05. The van der Waals surface area contributed by atoms with Gasteiger partial charge in [-0.25, -0.2) is 0 Å². The lowest BCUT2D eigenvalue weighted by molar-refractivity contribution is 0.375. The average molecular weight is 304 g/mol. The van der Waals surface area contributed by atoms with Crippen LogP contribution in [0.3, 0.4) is 0 Å². The fourth-order valence-electron chi connectivity index (χ4n) is 2.69. The first-order chi connectivity index (χ1) is 10.3. The number of benzene rings is 1. The van der Waals surface area contributed by atoms with Crippen molar-refractivity contribution in [3.63, 3.8) is 0 Å². The lowest BCUT2D eigenvalue weighted by Gasteiger charge is -2.18. The third kappa shape index (κ3) is 2.43. The maximum absolute atomic E-state index is 5.98. The Morgan fingerprint density at radius 1 is 1.10 bits per heavy atom. The second kappa shape index (κ2) is 5.16. The van der Waals surface area contributed by atoms with Crippen LogP contribution in [0.1, 0.15) is 24.7 Å². The minimum absolute atomic E-state index is 0.339. The summed E-state index contributed by atoms with van der Waals surface area (Å²) in [4.78, 5) is 0. The maximum atomic E-state index is 5.98. The van der Waals surface area contributed by atoms with Gasteiger partial charge >= 0.3 is 0 Å². The molecule has 1 aliphatic heterocycles. The highest BCUT2D eigenvalue weighted by molar-refractivity contribution is 6.31. The smallest absolute Gasteiger partial charge is 0.283 e. The summed E-state index contributed by atoms with van der Waals surface area (Å²) in [6, 6.07) is 7.37. The van der Waals surface area contributed by atoms with Gasteiger partial charge in [0.15, 0.2) is 5.76 Å². The SMILES string of the molecule is Clc1ccc2oc(-c3nnc(C4CCNCC4)o3)cc2c1. The van der Waals surface area contributed by atoms with Gasteiger partial charge in [-0.2, -0.15) is 0 Å². The number of nitrogens with one attached hydrogen (secondary N) is 1. The summed E-state index contributed by atoms with van der Waals surface area (Å²) in [6.07, 6.45) is 2.05. The second-order valence-corrected chi connectivity index (χ2v) is 5.70. The van der Waals surface area contributed by atoms with Crippen LogP contribution in [0.15, 0.2) is 33.1 Å². The van der Waals surface area contributed by atoms with Gasteiger partial charge in [-0.1, -0.05) is 11.6 Å². The Morgan fingerprint density at radius 3 is 2.81 bits per heavy atom. The zero-order valence-corrected chi connectivity index (χ0v) is 12.1. The predicted octanol–water partition coefficient (Wildman–Crippen LogP) is 3.60. The molecule has 3 heterocycles. The number of furan rings is 1. The topological polar surface area (TPSA) is 64.1 Å². The van der Waals surface area contributed by atoms with E-state index in [1.165, 1.54) is 0 Å². The Bertz CT molecular complexity index is 774. The molecular weight excluding hydrogens is 290 g/mol. The number of piperidine rings is 1. The summed E-state index contributed by atoms with van der Waals surface area (Å²) in [6.45, 7) is 1.98. The molecule has 0 amide bonds. The van der Waals surface area contributed by atoms with Crippen LogP contribution in [0, 0.1) is 0 Å². The van der Waals surface area contributed by atoms with Crippen molar-refractivity contribution in [2.45, 2.75) is 18.8 Å². The van der Waals surface area contributed by atoms with Crippen LogP contribution in [0.5, 0.6) is 0 Å². The molecule has 5 nitrogen and oxygen atoms in total. The molecule has 0 saturated carbocycles. The van der Waals surface area contributed by atoms with Crippen LogP contribution in [0.4, 0.5) is 0 Å². The first-order valence-corrected chi connectivity index (χ1v) is 7.41. The van der Waals surface area contributed by atoms with Crippen molar-refractivity contribution >= 4 is 22.6 Å². The van der Waals surface area contributed by atoms with Crippen LogP contribution in [0.2, 0.25) is 5.02 Å². The van der Waals surface area contributed by atoms with Gasteiger partial charge in [-0.15, -0.1) is 10.2 Å². The molecule has 0 radical (unpaired) electrons. The van der Waals surface area contributed by atoms with Crippen LogP contribution in [-0.2, 0) is 0 Å². The Balaban J connectivity index is 1.67. The summed E-state index contributed by atoms with van der Waals surface area (Å²) < 4.78 is 11.5. The highest BCUT2D eigenvalue weighted by atomic mass is 35.5. The maximum Gasteiger partial charge on any atom is 0.283 e. The molecule has 1 aromatic carbocycles. The van der Waals surface area contributed by atoms with Gasteiger partial charge in [-0.3, -0.25) is 0 Å². The van der Waals surface area contributed by atoms with E-state index in [4.69, 9.17) is 20.4 Å². The zero-order valence-electron chi connectivity index (χ0n) is 11.3. The molecule has 1 saturated heterocycles. The van der Waals surface area contributed by atoms with Gasteiger partial charge in [0.1, 0.15) is 5.58 Å². The molecule has 1 aliphatic rings. The second-order valence-electron chi connectivity index (χ2n) is 5.26. The fourth-order valence-corrected chi connectivity index (χ4v) is 2.87. The van der Waals surface area contributed by atoms with Gasteiger partial charge in [0, 0.05) is 16.3 Å². The molecule has 0 atom stereocenters. The molecule has 0 aliphatic carbocycles. The molecular formula is C15H14ClN3O2. The normalized spacial score (nSPS) is 16.6. The largest absolute Gasteiger partial charge is 0.451 e. The van der Waals surface area contributed by atoms with E-state index in [9.17, 15) is 0 Å². The number of halogens is 1. The van der Waals surface area contributed by atoms with Crippen LogP contribution >= 0.6 is 11.6 Å². The summed E-state index contributed by atoms with van der Waals surface area (Å²) in [7, 11) is 0. The molecule has 4 rings (SSSR count). The number of hydrogen-bond donors (Lipinski definition) is 1. The first kappa shape index (κ1) is 12.9. The van der Waals surface area contributed by atoms with E-state index in [1.807, 2.05) is 18.2 Å². The van der Waals surface area contributed by atoms with E-state index in [1.54, 1.807) is 6.07 Å². The molecule has 0 spiro atoms. The zero-order chi connectivity index (χ0) is 14.2. The predicted molar refractivity (Wildman–Crippen MR) is 79.4 cm³/mol. The standard InChI is InChI=1S/C15H14ClN3O2/c16-11-1-2-12-10(7-11)8-13(20-12)15-19-18-14(21-15)9-3-5-17-6-4-9/h1-2,7-9,17H,3-6H2. The number of nitrogens with zero attached hydrogens (tertiary/aromatic N) is 2. The molecule has 1 fully saturated rings. The Labute approximate surface area is 126 Å². The lowest BCUT2D eigenvalue weighted by Crippen LogP contribution is -2.26. The average Bonchev–Trinajstić information content (AvgIpc) is 3.14. The molecule has 2 aromatic heterocycles. The molecule has 3 aromatic rings. The highest BCUT2D eigenvalue weighted by Crippen LogP contribution is 2.31. The lowest BCUT2D eigenvalue weighted by atomic mass is 9.98. The summed E-state index contributed by atoms with van der Waals surface area (Å²) >= 11 is 5.98. The molecule has 6 heteroatoms. The van der Waals surface area contributed by atoms with Gasteiger partial charge in [0.05, 0.1) is 0 Å². The minimum atomic E-state index is 0.339. The van der Waals surface area contributed by atoms with Crippen molar-refractivity contribution in [2.75, 3.05) is 13.1 Å². The Kier molecular flexibility index (Phi) is 3.16. The third-order valence-corrected chi connectivity index (χ3v) is 4.05. The van der Waals surface area contributed by atoms with Crippen molar-refractivity contribution in [1.29, 1.82) is 0 Å². The van der Waals surface area contributed by atoms with Gasteiger partial charge in [0.2, 0.25) is 5.89 Å².